The van der Waals surface area contributed by atoms with Gasteiger partial charge < -0.3 is 14.6 Å². The second-order valence-corrected chi connectivity index (χ2v) is 6.11. The van der Waals surface area contributed by atoms with Crippen LogP contribution in [0.4, 0.5) is 0 Å². The molecule has 4 nitrogen and oxygen atoms in total. The van der Waals surface area contributed by atoms with Crippen LogP contribution in [-0.2, 0) is 0 Å². The number of carbonyl (C=O) groups is 1. The quantitative estimate of drug-likeness (QED) is 0.906. The maximum atomic E-state index is 12.9. The lowest BCUT2D eigenvalue weighted by Crippen LogP contribution is -2.46. The van der Waals surface area contributed by atoms with Gasteiger partial charge in [0, 0.05) is 24.7 Å². The molecule has 1 amide bonds. The third-order valence-corrected chi connectivity index (χ3v) is 4.41. The fraction of sp³-hybridized carbons (Fsp3) is 0.706. The van der Waals surface area contributed by atoms with E-state index in [0.717, 1.165) is 55.1 Å². The number of piperidine rings is 1. The zero-order chi connectivity index (χ0) is 15.4. The maximum absolute atomic E-state index is 12.9. The van der Waals surface area contributed by atoms with Crippen molar-refractivity contribution >= 4 is 5.91 Å². The number of nitrogens with zero attached hydrogens (tertiary/aromatic N) is 1. The van der Waals surface area contributed by atoms with Gasteiger partial charge in [-0.2, -0.15) is 0 Å². The molecule has 0 bridgehead atoms. The van der Waals surface area contributed by atoms with Crippen molar-refractivity contribution < 1.29 is 9.21 Å². The molecule has 4 heteroatoms. The van der Waals surface area contributed by atoms with E-state index >= 15 is 0 Å². The van der Waals surface area contributed by atoms with E-state index in [9.17, 15) is 4.79 Å². The number of carbonyl (C=O) groups excluding carboxylic acids is 1. The van der Waals surface area contributed by atoms with Crippen LogP contribution >= 0.6 is 0 Å². The second kappa shape index (κ2) is 7.12. The van der Waals surface area contributed by atoms with E-state index in [1.54, 1.807) is 0 Å². The molecule has 2 rings (SSSR count). The van der Waals surface area contributed by atoms with Gasteiger partial charge in [-0.05, 0) is 46.6 Å². The summed E-state index contributed by atoms with van der Waals surface area (Å²) in [5.41, 5.74) is 1.74. The standard InChI is InChI=1S/C17H28N2O2/c1-5-10-19(11-15-8-6-7-9-18-15)17(20)16-12(2)13(3)21-14(16)4/h15,18H,5-11H2,1-4H3. The first-order valence-corrected chi connectivity index (χ1v) is 8.13. The van der Waals surface area contributed by atoms with E-state index < -0.39 is 0 Å². The van der Waals surface area contributed by atoms with Gasteiger partial charge in [0.15, 0.2) is 0 Å². The lowest BCUT2D eigenvalue weighted by atomic mass is 10.0. The summed E-state index contributed by atoms with van der Waals surface area (Å²) in [6.45, 7) is 10.6. The van der Waals surface area contributed by atoms with Crippen LogP contribution in [0.2, 0.25) is 0 Å². The highest BCUT2D eigenvalue weighted by atomic mass is 16.3. The lowest BCUT2D eigenvalue weighted by molar-refractivity contribution is 0.0729. The van der Waals surface area contributed by atoms with Crippen LogP contribution in [-0.4, -0.2) is 36.5 Å². The molecule has 1 aliphatic heterocycles. The van der Waals surface area contributed by atoms with Gasteiger partial charge in [-0.15, -0.1) is 0 Å². The third-order valence-electron chi connectivity index (χ3n) is 4.41. The van der Waals surface area contributed by atoms with Crippen molar-refractivity contribution in [2.45, 2.75) is 59.4 Å². The number of hydrogen-bond donors (Lipinski definition) is 1. The first kappa shape index (κ1) is 16.1. The van der Waals surface area contributed by atoms with E-state index in [2.05, 4.69) is 12.2 Å². The average molecular weight is 292 g/mol. The van der Waals surface area contributed by atoms with Crippen molar-refractivity contribution in [2.24, 2.45) is 0 Å². The number of nitrogens with one attached hydrogen (secondary N) is 1. The smallest absolute Gasteiger partial charge is 0.257 e. The van der Waals surface area contributed by atoms with Crippen molar-refractivity contribution in [1.29, 1.82) is 0 Å². The summed E-state index contributed by atoms with van der Waals surface area (Å²) >= 11 is 0. The summed E-state index contributed by atoms with van der Waals surface area (Å²) in [5, 5.41) is 3.53. The lowest BCUT2D eigenvalue weighted by Gasteiger charge is -2.30. The number of aryl methyl sites for hydroxylation is 2. The summed E-state index contributed by atoms with van der Waals surface area (Å²) in [7, 11) is 0. The van der Waals surface area contributed by atoms with Crippen LogP contribution < -0.4 is 5.32 Å². The van der Waals surface area contributed by atoms with E-state index in [-0.39, 0.29) is 5.91 Å². The van der Waals surface area contributed by atoms with Crippen LogP contribution in [0.5, 0.6) is 0 Å². The zero-order valence-corrected chi connectivity index (χ0v) is 13.8. The van der Waals surface area contributed by atoms with Crippen molar-refractivity contribution in [2.75, 3.05) is 19.6 Å². The molecule has 0 aliphatic carbocycles. The Labute approximate surface area is 127 Å². The Morgan fingerprint density at radius 2 is 2.05 bits per heavy atom. The molecule has 1 fully saturated rings. The van der Waals surface area contributed by atoms with Gasteiger partial charge in [-0.3, -0.25) is 4.79 Å². The zero-order valence-electron chi connectivity index (χ0n) is 13.8. The number of furan rings is 1. The van der Waals surface area contributed by atoms with Gasteiger partial charge in [0.2, 0.25) is 0 Å². The minimum absolute atomic E-state index is 0.121. The molecular formula is C17H28N2O2. The van der Waals surface area contributed by atoms with Gasteiger partial charge in [0.1, 0.15) is 11.5 Å². The fourth-order valence-electron chi connectivity index (χ4n) is 3.16. The summed E-state index contributed by atoms with van der Waals surface area (Å²) in [6, 6.07) is 0.433. The number of amides is 1. The molecule has 21 heavy (non-hydrogen) atoms. The summed E-state index contributed by atoms with van der Waals surface area (Å²) < 4.78 is 5.62. The maximum Gasteiger partial charge on any atom is 0.257 e. The highest BCUT2D eigenvalue weighted by Crippen LogP contribution is 2.23. The fourth-order valence-corrected chi connectivity index (χ4v) is 3.16. The molecule has 0 spiro atoms. The van der Waals surface area contributed by atoms with Gasteiger partial charge in [0.05, 0.1) is 5.56 Å². The Balaban J connectivity index is 2.14. The van der Waals surface area contributed by atoms with E-state index in [1.165, 1.54) is 12.8 Å². The topological polar surface area (TPSA) is 45.5 Å². The molecule has 0 aromatic carbocycles. The Bertz CT molecular complexity index is 487. The van der Waals surface area contributed by atoms with Gasteiger partial charge in [0.25, 0.3) is 5.91 Å². The first-order valence-electron chi connectivity index (χ1n) is 8.13. The summed E-state index contributed by atoms with van der Waals surface area (Å²) in [6.07, 6.45) is 4.65. The Morgan fingerprint density at radius 3 is 2.57 bits per heavy atom. The molecule has 118 valence electrons. The molecule has 1 unspecified atom stereocenters. The highest BCUT2D eigenvalue weighted by molar-refractivity contribution is 5.96. The minimum Gasteiger partial charge on any atom is -0.466 e. The van der Waals surface area contributed by atoms with Crippen LogP contribution in [0, 0.1) is 20.8 Å². The highest BCUT2D eigenvalue weighted by Gasteiger charge is 2.25. The largest absolute Gasteiger partial charge is 0.466 e. The van der Waals surface area contributed by atoms with Gasteiger partial charge in [-0.25, -0.2) is 0 Å². The molecule has 1 aromatic heterocycles. The Kier molecular flexibility index (Phi) is 5.45. The van der Waals surface area contributed by atoms with Crippen LogP contribution in [0.3, 0.4) is 0 Å². The molecule has 1 N–H and O–H groups in total. The molecule has 0 radical (unpaired) electrons. The molecule has 2 heterocycles. The Morgan fingerprint density at radius 1 is 1.29 bits per heavy atom. The van der Waals surface area contributed by atoms with Crippen molar-refractivity contribution in [3.63, 3.8) is 0 Å². The van der Waals surface area contributed by atoms with Crippen molar-refractivity contribution in [3.05, 3.63) is 22.6 Å². The number of hydrogen-bond acceptors (Lipinski definition) is 3. The molecular weight excluding hydrogens is 264 g/mol. The van der Waals surface area contributed by atoms with Gasteiger partial charge in [-0.1, -0.05) is 13.3 Å². The summed E-state index contributed by atoms with van der Waals surface area (Å²) in [5.74, 6) is 1.71. The second-order valence-electron chi connectivity index (χ2n) is 6.11. The molecule has 1 atom stereocenters. The molecule has 1 aromatic rings. The first-order chi connectivity index (χ1) is 10.0. The van der Waals surface area contributed by atoms with Crippen LogP contribution in [0.25, 0.3) is 0 Å². The van der Waals surface area contributed by atoms with Crippen LogP contribution in [0.1, 0.15) is 60.0 Å². The monoisotopic (exact) mass is 292 g/mol. The molecule has 0 saturated carbocycles. The van der Waals surface area contributed by atoms with Crippen molar-refractivity contribution in [3.8, 4) is 0 Å². The average Bonchev–Trinajstić information content (AvgIpc) is 2.72. The third kappa shape index (κ3) is 3.67. The summed E-state index contributed by atoms with van der Waals surface area (Å²) in [4.78, 5) is 14.9. The molecule has 1 saturated heterocycles. The SMILES string of the molecule is CCCN(CC1CCCCN1)C(=O)c1c(C)oc(C)c1C. The van der Waals surface area contributed by atoms with E-state index in [4.69, 9.17) is 4.42 Å². The van der Waals surface area contributed by atoms with Crippen molar-refractivity contribution in [1.82, 2.24) is 10.2 Å². The van der Waals surface area contributed by atoms with E-state index in [0.29, 0.717) is 6.04 Å². The Hall–Kier alpha value is -1.29. The molecule has 1 aliphatic rings. The van der Waals surface area contributed by atoms with Crippen LogP contribution in [0.15, 0.2) is 4.42 Å². The van der Waals surface area contributed by atoms with Gasteiger partial charge >= 0.3 is 0 Å². The number of rotatable bonds is 5. The van der Waals surface area contributed by atoms with E-state index in [1.807, 2.05) is 25.7 Å². The predicted molar refractivity (Wildman–Crippen MR) is 84.8 cm³/mol. The normalized spacial score (nSPS) is 18.8. The minimum atomic E-state index is 0.121. The predicted octanol–water partition coefficient (Wildman–Crippen LogP) is 3.20.